The van der Waals surface area contributed by atoms with E-state index in [-0.39, 0.29) is 0 Å². The summed E-state index contributed by atoms with van der Waals surface area (Å²) in [6.45, 7) is 0. The predicted molar refractivity (Wildman–Crippen MR) is 249 cm³/mol. The molecule has 12 rings (SSSR count). The molecule has 1 heteroatoms. The average molecular weight is 739 g/mol. The third kappa shape index (κ3) is 4.86. The van der Waals surface area contributed by atoms with Crippen LogP contribution in [0.1, 0.15) is 0 Å². The maximum absolute atomic E-state index is 2.36. The first-order valence-electron chi connectivity index (χ1n) is 19.7. The van der Waals surface area contributed by atoms with Gasteiger partial charge < -0.3 is 0 Å². The van der Waals surface area contributed by atoms with Gasteiger partial charge in [0.25, 0.3) is 0 Å². The first-order chi connectivity index (χ1) is 28.3. The van der Waals surface area contributed by atoms with Crippen LogP contribution in [0.4, 0.5) is 0 Å². The van der Waals surface area contributed by atoms with Crippen LogP contribution in [0.3, 0.4) is 0 Å². The zero-order chi connectivity index (χ0) is 37.5. The highest BCUT2D eigenvalue weighted by Crippen LogP contribution is 2.51. The minimum absolute atomic E-state index is 1.24. The Morgan fingerprint density at radius 1 is 0.263 bits per heavy atom. The second-order valence-corrected chi connectivity index (χ2v) is 16.1. The van der Waals surface area contributed by atoms with E-state index in [9.17, 15) is 0 Å². The molecule has 12 aromatic rings. The van der Waals surface area contributed by atoms with E-state index in [0.717, 1.165) is 0 Å². The Kier molecular flexibility index (Phi) is 7.20. The second-order valence-electron chi connectivity index (χ2n) is 15.1. The predicted octanol–water partition coefficient (Wildman–Crippen LogP) is 16.5. The first-order valence-corrected chi connectivity index (χ1v) is 20.5. The zero-order valence-electron chi connectivity index (χ0n) is 31.0. The number of rotatable bonds is 4. The quantitative estimate of drug-likeness (QED) is 0.158. The first kappa shape index (κ1) is 32.2. The Bertz CT molecular complexity index is 3460. The van der Waals surface area contributed by atoms with E-state index in [0.29, 0.717) is 0 Å². The van der Waals surface area contributed by atoms with Gasteiger partial charge in [0.05, 0.1) is 0 Å². The molecule has 0 radical (unpaired) electrons. The molecule has 0 fully saturated rings. The van der Waals surface area contributed by atoms with E-state index in [4.69, 9.17) is 0 Å². The smallest absolute Gasteiger partial charge is 0.0434 e. The lowest BCUT2D eigenvalue weighted by Gasteiger charge is -2.19. The largest absolute Gasteiger partial charge is 0.135 e. The van der Waals surface area contributed by atoms with Crippen LogP contribution in [-0.4, -0.2) is 0 Å². The third-order valence-electron chi connectivity index (χ3n) is 12.0. The molecule has 11 aromatic carbocycles. The second kappa shape index (κ2) is 12.7. The van der Waals surface area contributed by atoms with Gasteiger partial charge in [0.15, 0.2) is 0 Å². The fourth-order valence-electron chi connectivity index (χ4n) is 9.66. The Balaban J connectivity index is 1.16. The lowest BCUT2D eigenvalue weighted by molar-refractivity contribution is 1.67. The highest BCUT2D eigenvalue weighted by atomic mass is 32.1. The topological polar surface area (TPSA) is 0 Å². The molecular formula is C56H34S. The summed E-state index contributed by atoms with van der Waals surface area (Å²) in [5, 5.41) is 15.3. The summed E-state index contributed by atoms with van der Waals surface area (Å²) in [5.74, 6) is 0. The van der Waals surface area contributed by atoms with Crippen LogP contribution < -0.4 is 0 Å². The van der Waals surface area contributed by atoms with Gasteiger partial charge in [0, 0.05) is 25.7 Å². The van der Waals surface area contributed by atoms with Gasteiger partial charge in [-0.2, -0.15) is 0 Å². The summed E-state index contributed by atoms with van der Waals surface area (Å²) in [5.41, 5.74) is 10.2. The average Bonchev–Trinajstić information content (AvgIpc) is 3.67. The fraction of sp³-hybridized carbons (Fsp3) is 0. The summed E-state index contributed by atoms with van der Waals surface area (Å²) in [6, 6.07) is 76.4. The molecule has 0 nitrogen and oxygen atoms in total. The molecule has 0 atom stereocenters. The highest BCUT2D eigenvalue weighted by Gasteiger charge is 2.23. The molecule has 0 saturated carbocycles. The number of hydrogen-bond acceptors (Lipinski definition) is 1. The minimum Gasteiger partial charge on any atom is -0.135 e. The summed E-state index contributed by atoms with van der Waals surface area (Å²) < 4.78 is 2.63. The van der Waals surface area contributed by atoms with Crippen molar-refractivity contribution in [2.45, 2.75) is 0 Å². The Labute approximate surface area is 334 Å². The van der Waals surface area contributed by atoms with E-state index in [1.54, 1.807) is 0 Å². The van der Waals surface area contributed by atoms with Crippen molar-refractivity contribution in [3.8, 4) is 44.5 Å². The molecule has 0 aliphatic heterocycles. The molecule has 0 aliphatic carbocycles. The SMILES string of the molecule is c1ccc(-c2c3ccccc3c(-c3cccc4c3sc3cccc(-c5c6ccccc6c(-c6ccc7ccccc7c6)c6ccccc56)c34)c3ccccc23)cc1. The highest BCUT2D eigenvalue weighted by molar-refractivity contribution is 7.26. The standard InChI is InChI=1S/C56H34S/c1-2-17-36(18-3-1)51-39-20-6-12-26-45(39)54(46-27-13-7-21-40(46)51)48-29-14-30-49-55-47(28-15-31-50(55)57-56(48)49)53-43-24-10-8-22-41(43)52(42-23-9-11-25-44(42)53)38-33-32-35-16-4-5-19-37(35)34-38/h1-34H. The van der Waals surface area contributed by atoms with Crippen molar-refractivity contribution in [1.82, 2.24) is 0 Å². The molecule has 0 bridgehead atoms. The van der Waals surface area contributed by atoms with Crippen molar-refractivity contribution >= 4 is 85.4 Å². The molecule has 0 N–H and O–H groups in total. The minimum atomic E-state index is 1.24. The van der Waals surface area contributed by atoms with E-state index in [2.05, 4.69) is 206 Å². The summed E-state index contributed by atoms with van der Waals surface area (Å²) in [4.78, 5) is 0. The summed E-state index contributed by atoms with van der Waals surface area (Å²) in [7, 11) is 0. The maximum atomic E-state index is 2.36. The molecule has 0 amide bonds. The molecule has 57 heavy (non-hydrogen) atoms. The number of thiophene rings is 1. The van der Waals surface area contributed by atoms with Crippen molar-refractivity contribution in [2.75, 3.05) is 0 Å². The Morgan fingerprint density at radius 2 is 0.702 bits per heavy atom. The van der Waals surface area contributed by atoms with Crippen molar-refractivity contribution in [3.63, 3.8) is 0 Å². The van der Waals surface area contributed by atoms with Gasteiger partial charge in [-0.25, -0.2) is 0 Å². The van der Waals surface area contributed by atoms with Crippen LogP contribution >= 0.6 is 11.3 Å². The van der Waals surface area contributed by atoms with Crippen LogP contribution in [0.15, 0.2) is 206 Å². The zero-order valence-corrected chi connectivity index (χ0v) is 31.9. The van der Waals surface area contributed by atoms with Crippen molar-refractivity contribution < 1.29 is 0 Å². The lowest BCUT2D eigenvalue weighted by Crippen LogP contribution is -1.91. The monoisotopic (exact) mass is 738 g/mol. The summed E-state index contributed by atoms with van der Waals surface area (Å²) in [6.07, 6.45) is 0. The Morgan fingerprint density at radius 3 is 1.30 bits per heavy atom. The molecule has 0 spiro atoms. The number of fused-ring (bicyclic) bond motifs is 8. The van der Waals surface area contributed by atoms with E-state index < -0.39 is 0 Å². The van der Waals surface area contributed by atoms with Gasteiger partial charge in [-0.15, -0.1) is 11.3 Å². The van der Waals surface area contributed by atoms with E-state index in [1.807, 2.05) is 11.3 Å². The molecule has 264 valence electrons. The third-order valence-corrected chi connectivity index (χ3v) is 13.2. The normalized spacial score (nSPS) is 11.9. The Hall–Kier alpha value is -7.06. The van der Waals surface area contributed by atoms with Crippen LogP contribution in [0.25, 0.3) is 119 Å². The lowest BCUT2D eigenvalue weighted by atomic mass is 9.84. The summed E-state index contributed by atoms with van der Waals surface area (Å²) >= 11 is 1.92. The van der Waals surface area contributed by atoms with E-state index >= 15 is 0 Å². The van der Waals surface area contributed by atoms with Crippen molar-refractivity contribution in [2.24, 2.45) is 0 Å². The molecule has 0 unspecified atom stereocenters. The van der Waals surface area contributed by atoms with Crippen molar-refractivity contribution in [3.05, 3.63) is 206 Å². The van der Waals surface area contributed by atoms with Crippen LogP contribution in [0.5, 0.6) is 0 Å². The van der Waals surface area contributed by atoms with Gasteiger partial charge in [-0.1, -0.05) is 194 Å². The number of benzene rings is 11. The van der Waals surface area contributed by atoms with Gasteiger partial charge in [-0.3, -0.25) is 0 Å². The van der Waals surface area contributed by atoms with E-state index in [1.165, 1.54) is 119 Å². The van der Waals surface area contributed by atoms with Crippen LogP contribution in [0.2, 0.25) is 0 Å². The van der Waals surface area contributed by atoms with Crippen molar-refractivity contribution in [1.29, 1.82) is 0 Å². The van der Waals surface area contributed by atoms with Crippen LogP contribution in [-0.2, 0) is 0 Å². The van der Waals surface area contributed by atoms with Gasteiger partial charge in [-0.05, 0) is 105 Å². The van der Waals surface area contributed by atoms with Gasteiger partial charge in [0.2, 0.25) is 0 Å². The fourth-order valence-corrected chi connectivity index (χ4v) is 10.9. The molecule has 0 saturated heterocycles. The molecule has 1 heterocycles. The maximum Gasteiger partial charge on any atom is 0.0434 e. The van der Waals surface area contributed by atoms with Crippen LogP contribution in [0, 0.1) is 0 Å². The molecule has 1 aromatic heterocycles. The number of hydrogen-bond donors (Lipinski definition) is 0. The molecule has 0 aliphatic rings. The molecular weight excluding hydrogens is 705 g/mol. The van der Waals surface area contributed by atoms with Gasteiger partial charge in [0.1, 0.15) is 0 Å². The van der Waals surface area contributed by atoms with Gasteiger partial charge >= 0.3 is 0 Å².